The fourth-order valence-electron chi connectivity index (χ4n) is 2.94. The van der Waals surface area contributed by atoms with Gasteiger partial charge in [-0.1, -0.05) is 18.2 Å². The van der Waals surface area contributed by atoms with Crippen LogP contribution in [0.5, 0.6) is 0 Å². The van der Waals surface area contributed by atoms with Gasteiger partial charge in [0.1, 0.15) is 12.2 Å². The number of imidazole rings is 1. The van der Waals surface area contributed by atoms with Crippen molar-refractivity contribution in [3.05, 3.63) is 72.9 Å². The number of nitrogens with zero attached hydrogens (tertiary/aromatic N) is 3. The number of carbonyl (C=O) groups is 1. The monoisotopic (exact) mass is 374 g/mol. The molecule has 0 radical (unpaired) electrons. The minimum Gasteiger partial charge on any atom is -0.325 e. The molecule has 4 aromatic rings. The van der Waals surface area contributed by atoms with Crippen molar-refractivity contribution in [2.24, 2.45) is 0 Å². The van der Waals surface area contributed by atoms with E-state index in [2.05, 4.69) is 15.3 Å². The molecule has 27 heavy (non-hydrogen) atoms. The molecule has 0 aliphatic rings. The van der Waals surface area contributed by atoms with Crippen LogP contribution in [-0.4, -0.2) is 26.7 Å². The van der Waals surface area contributed by atoms with Crippen molar-refractivity contribution in [3.8, 4) is 11.5 Å². The van der Waals surface area contributed by atoms with E-state index in [1.165, 1.54) is 0 Å². The summed E-state index contributed by atoms with van der Waals surface area (Å²) in [6.07, 6.45) is 3.75. The van der Waals surface area contributed by atoms with Crippen molar-refractivity contribution in [2.45, 2.75) is 11.4 Å². The predicted octanol–water partition coefficient (Wildman–Crippen LogP) is 4.46. The minimum atomic E-state index is -0.104. The summed E-state index contributed by atoms with van der Waals surface area (Å²) in [6, 6.07) is 21.3. The second-order valence-corrected chi connectivity index (χ2v) is 6.88. The van der Waals surface area contributed by atoms with E-state index in [0.29, 0.717) is 5.82 Å². The number of thioether (sulfide) groups is 1. The standard InChI is InChI=1S/C21H18N4OS/c1-27-16-11-9-15(10-12-16)23-20(26)14-25-19-8-3-2-6-17(19)24-21(25)18-7-4-5-13-22-18/h2-13H,14H2,1H3,(H,23,26). The highest BCUT2D eigenvalue weighted by atomic mass is 32.2. The van der Waals surface area contributed by atoms with Crippen LogP contribution in [0.3, 0.4) is 0 Å². The number of pyridine rings is 1. The fourth-order valence-corrected chi connectivity index (χ4v) is 3.35. The Balaban J connectivity index is 1.65. The molecule has 1 amide bonds. The molecule has 4 rings (SSSR count). The normalized spacial score (nSPS) is 10.9. The lowest BCUT2D eigenvalue weighted by molar-refractivity contribution is -0.116. The largest absolute Gasteiger partial charge is 0.325 e. The van der Waals surface area contributed by atoms with Gasteiger partial charge in [0, 0.05) is 16.8 Å². The molecule has 0 saturated heterocycles. The molecule has 1 N–H and O–H groups in total. The number of carbonyl (C=O) groups excluding carboxylic acids is 1. The number of benzene rings is 2. The van der Waals surface area contributed by atoms with Crippen LogP contribution in [0.25, 0.3) is 22.6 Å². The van der Waals surface area contributed by atoms with Crippen molar-refractivity contribution in [1.82, 2.24) is 14.5 Å². The van der Waals surface area contributed by atoms with Crippen LogP contribution in [-0.2, 0) is 11.3 Å². The van der Waals surface area contributed by atoms with Gasteiger partial charge in [-0.3, -0.25) is 9.78 Å². The van der Waals surface area contributed by atoms with Gasteiger partial charge in [-0.2, -0.15) is 0 Å². The number of rotatable bonds is 5. The van der Waals surface area contributed by atoms with Crippen LogP contribution in [0, 0.1) is 0 Å². The van der Waals surface area contributed by atoms with E-state index in [9.17, 15) is 4.79 Å². The van der Waals surface area contributed by atoms with E-state index in [4.69, 9.17) is 0 Å². The maximum Gasteiger partial charge on any atom is 0.244 e. The third kappa shape index (κ3) is 3.71. The molecule has 6 heteroatoms. The topological polar surface area (TPSA) is 59.8 Å². The maximum absolute atomic E-state index is 12.7. The molecule has 0 unspecified atom stereocenters. The molecule has 5 nitrogen and oxygen atoms in total. The highest BCUT2D eigenvalue weighted by Gasteiger charge is 2.15. The van der Waals surface area contributed by atoms with Gasteiger partial charge in [0.25, 0.3) is 0 Å². The Morgan fingerprint density at radius 2 is 1.81 bits per heavy atom. The first-order valence-electron chi connectivity index (χ1n) is 8.55. The van der Waals surface area contributed by atoms with Crippen molar-refractivity contribution in [2.75, 3.05) is 11.6 Å². The number of para-hydroxylation sites is 2. The molecule has 2 heterocycles. The number of amides is 1. The summed E-state index contributed by atoms with van der Waals surface area (Å²) in [5.74, 6) is 0.580. The number of hydrogen-bond donors (Lipinski definition) is 1. The van der Waals surface area contributed by atoms with Gasteiger partial charge < -0.3 is 9.88 Å². The molecule has 0 aliphatic heterocycles. The van der Waals surface area contributed by atoms with Crippen LogP contribution in [0.4, 0.5) is 5.69 Å². The van der Waals surface area contributed by atoms with Gasteiger partial charge >= 0.3 is 0 Å². The van der Waals surface area contributed by atoms with Gasteiger partial charge in [0.2, 0.25) is 5.91 Å². The van der Waals surface area contributed by atoms with Gasteiger partial charge in [0.15, 0.2) is 5.82 Å². The van der Waals surface area contributed by atoms with Crippen molar-refractivity contribution in [3.63, 3.8) is 0 Å². The summed E-state index contributed by atoms with van der Waals surface area (Å²) in [4.78, 5) is 22.9. The van der Waals surface area contributed by atoms with E-state index in [1.54, 1.807) is 18.0 Å². The lowest BCUT2D eigenvalue weighted by Gasteiger charge is -2.10. The highest BCUT2D eigenvalue weighted by Crippen LogP contribution is 2.23. The summed E-state index contributed by atoms with van der Waals surface area (Å²) < 4.78 is 1.91. The summed E-state index contributed by atoms with van der Waals surface area (Å²) in [5.41, 5.74) is 3.27. The Hall–Kier alpha value is -3.12. The van der Waals surface area contributed by atoms with E-state index in [1.807, 2.05) is 77.6 Å². The molecule has 0 saturated carbocycles. The fraction of sp³-hybridized carbons (Fsp3) is 0.0952. The zero-order valence-electron chi connectivity index (χ0n) is 14.8. The summed E-state index contributed by atoms with van der Waals surface area (Å²) >= 11 is 1.67. The van der Waals surface area contributed by atoms with Gasteiger partial charge in [0.05, 0.1) is 11.0 Å². The Morgan fingerprint density at radius 3 is 2.56 bits per heavy atom. The van der Waals surface area contributed by atoms with Crippen LogP contribution < -0.4 is 5.32 Å². The van der Waals surface area contributed by atoms with E-state index in [0.717, 1.165) is 27.3 Å². The summed E-state index contributed by atoms with van der Waals surface area (Å²) in [5, 5.41) is 2.96. The van der Waals surface area contributed by atoms with Crippen LogP contribution in [0.1, 0.15) is 0 Å². The Kier molecular flexibility index (Phi) is 4.89. The van der Waals surface area contributed by atoms with Crippen molar-refractivity contribution >= 4 is 34.4 Å². The third-order valence-corrected chi connectivity index (χ3v) is 4.97. The highest BCUT2D eigenvalue weighted by molar-refractivity contribution is 7.98. The average Bonchev–Trinajstić information content (AvgIpc) is 3.08. The summed E-state index contributed by atoms with van der Waals surface area (Å²) in [7, 11) is 0. The zero-order valence-corrected chi connectivity index (χ0v) is 15.6. The quantitative estimate of drug-likeness (QED) is 0.524. The Bertz CT molecular complexity index is 1070. The maximum atomic E-state index is 12.7. The molecule has 0 spiro atoms. The average molecular weight is 374 g/mol. The smallest absolute Gasteiger partial charge is 0.244 e. The first kappa shape index (κ1) is 17.3. The number of anilines is 1. The molecule has 0 fully saturated rings. The van der Waals surface area contributed by atoms with E-state index in [-0.39, 0.29) is 12.5 Å². The Labute approximate surface area is 161 Å². The lowest BCUT2D eigenvalue weighted by Crippen LogP contribution is -2.19. The summed E-state index contributed by atoms with van der Waals surface area (Å²) in [6.45, 7) is 0.163. The number of hydrogen-bond acceptors (Lipinski definition) is 4. The van der Waals surface area contributed by atoms with Gasteiger partial charge in [-0.25, -0.2) is 4.98 Å². The molecular weight excluding hydrogens is 356 g/mol. The number of fused-ring (bicyclic) bond motifs is 1. The van der Waals surface area contributed by atoms with Crippen LogP contribution in [0.2, 0.25) is 0 Å². The number of nitrogens with one attached hydrogen (secondary N) is 1. The second kappa shape index (κ2) is 7.63. The first-order valence-corrected chi connectivity index (χ1v) is 9.77. The SMILES string of the molecule is CSc1ccc(NC(=O)Cn2c(-c3ccccn3)nc3ccccc32)cc1. The lowest BCUT2D eigenvalue weighted by atomic mass is 10.3. The molecule has 2 aromatic heterocycles. The molecule has 134 valence electrons. The van der Waals surface area contributed by atoms with Crippen molar-refractivity contribution in [1.29, 1.82) is 0 Å². The molecule has 0 bridgehead atoms. The van der Waals surface area contributed by atoms with Gasteiger partial charge in [-0.05, 0) is 54.8 Å². The molecule has 2 aromatic carbocycles. The second-order valence-electron chi connectivity index (χ2n) is 6.00. The number of aromatic nitrogens is 3. The van der Waals surface area contributed by atoms with Crippen molar-refractivity contribution < 1.29 is 4.79 Å². The first-order chi connectivity index (χ1) is 13.2. The van der Waals surface area contributed by atoms with E-state index >= 15 is 0 Å². The molecular formula is C21H18N4OS. The minimum absolute atomic E-state index is 0.104. The van der Waals surface area contributed by atoms with Crippen LogP contribution >= 0.6 is 11.8 Å². The third-order valence-electron chi connectivity index (χ3n) is 4.22. The van der Waals surface area contributed by atoms with Gasteiger partial charge in [-0.15, -0.1) is 11.8 Å². The van der Waals surface area contributed by atoms with E-state index < -0.39 is 0 Å². The Morgan fingerprint density at radius 1 is 1.04 bits per heavy atom. The zero-order chi connectivity index (χ0) is 18.6. The molecule has 0 aliphatic carbocycles. The predicted molar refractivity (Wildman–Crippen MR) is 110 cm³/mol. The molecule has 0 atom stereocenters. The van der Waals surface area contributed by atoms with Crippen LogP contribution in [0.15, 0.2) is 77.8 Å².